The minimum Gasteiger partial charge on any atom is -0.493 e. The molecule has 1 saturated heterocycles. The van der Waals surface area contributed by atoms with E-state index in [9.17, 15) is 4.79 Å². The van der Waals surface area contributed by atoms with Gasteiger partial charge >= 0.3 is 0 Å². The van der Waals surface area contributed by atoms with Crippen molar-refractivity contribution in [3.8, 4) is 11.5 Å². The molecule has 0 saturated carbocycles. The largest absolute Gasteiger partial charge is 0.493 e. The first kappa shape index (κ1) is 23.8. The summed E-state index contributed by atoms with van der Waals surface area (Å²) < 4.78 is 13.1. The molecule has 0 N–H and O–H groups in total. The molecule has 3 aromatic carbocycles. The van der Waals surface area contributed by atoms with E-state index in [4.69, 9.17) is 21.7 Å². The van der Waals surface area contributed by atoms with E-state index >= 15 is 0 Å². The SMILES string of the molecule is COc1cc(/C=C2/SC(=S)N(c3cccc(C)c3)C2=O)cc(I)c1OCc1ccc(C)cc1. The van der Waals surface area contributed by atoms with Crippen molar-refractivity contribution in [2.75, 3.05) is 12.0 Å². The summed E-state index contributed by atoms with van der Waals surface area (Å²) in [6.45, 7) is 4.50. The number of methoxy groups -OCH3 is 1. The highest BCUT2D eigenvalue weighted by molar-refractivity contribution is 14.1. The number of ether oxygens (including phenoxy) is 2. The molecule has 0 spiro atoms. The highest BCUT2D eigenvalue weighted by atomic mass is 127. The van der Waals surface area contributed by atoms with Crippen LogP contribution in [0.15, 0.2) is 65.6 Å². The number of carbonyl (C=O) groups excluding carboxylic acids is 1. The lowest BCUT2D eigenvalue weighted by atomic mass is 10.1. The zero-order valence-corrected chi connectivity index (χ0v) is 22.2. The summed E-state index contributed by atoms with van der Waals surface area (Å²) in [7, 11) is 1.62. The lowest BCUT2D eigenvalue weighted by molar-refractivity contribution is -0.113. The van der Waals surface area contributed by atoms with Crippen LogP contribution in [0.3, 0.4) is 0 Å². The topological polar surface area (TPSA) is 38.8 Å². The van der Waals surface area contributed by atoms with E-state index in [1.54, 1.807) is 12.0 Å². The van der Waals surface area contributed by atoms with Crippen LogP contribution in [0.5, 0.6) is 11.5 Å². The standard InChI is InChI=1S/C26H22INO3S2/c1-16-7-9-18(10-8-16)15-31-24-21(27)12-19(13-22(24)30-3)14-23-25(29)28(26(32)33-23)20-6-4-5-17(2)11-20/h4-14H,15H2,1-3H3/b23-14+. The van der Waals surface area contributed by atoms with Crippen molar-refractivity contribution in [3.63, 3.8) is 0 Å². The molecule has 4 nitrogen and oxygen atoms in total. The minimum atomic E-state index is -0.121. The molecule has 33 heavy (non-hydrogen) atoms. The average Bonchev–Trinajstić information content (AvgIpc) is 3.06. The summed E-state index contributed by atoms with van der Waals surface area (Å²) in [5, 5.41) is 0. The Bertz CT molecular complexity index is 1250. The van der Waals surface area contributed by atoms with Gasteiger partial charge in [0.15, 0.2) is 15.8 Å². The predicted octanol–water partition coefficient (Wildman–Crippen LogP) is 6.90. The number of benzene rings is 3. The Morgan fingerprint density at radius 3 is 2.52 bits per heavy atom. The molecule has 0 unspecified atom stereocenters. The molecule has 1 aliphatic rings. The first-order chi connectivity index (χ1) is 15.9. The molecule has 1 amide bonds. The van der Waals surface area contributed by atoms with Crippen LogP contribution in [-0.4, -0.2) is 17.3 Å². The number of nitrogens with zero attached hydrogens (tertiary/aromatic N) is 1. The van der Waals surface area contributed by atoms with E-state index < -0.39 is 0 Å². The quantitative estimate of drug-likeness (QED) is 0.178. The van der Waals surface area contributed by atoms with Gasteiger partial charge in [-0.3, -0.25) is 9.69 Å². The Balaban J connectivity index is 1.58. The maximum absolute atomic E-state index is 13.1. The number of rotatable bonds is 6. The summed E-state index contributed by atoms with van der Waals surface area (Å²) >= 11 is 9.04. The summed E-state index contributed by atoms with van der Waals surface area (Å²) in [6.07, 6.45) is 1.85. The number of thiocarbonyl (C=S) groups is 1. The summed E-state index contributed by atoms with van der Waals surface area (Å²) in [4.78, 5) is 15.3. The monoisotopic (exact) mass is 587 g/mol. The van der Waals surface area contributed by atoms with Crippen molar-refractivity contribution in [2.45, 2.75) is 20.5 Å². The molecule has 0 aromatic heterocycles. The summed E-state index contributed by atoms with van der Waals surface area (Å²) in [5.74, 6) is 1.18. The molecule has 0 aliphatic carbocycles. The van der Waals surface area contributed by atoms with E-state index in [0.29, 0.717) is 27.3 Å². The number of hydrogen-bond donors (Lipinski definition) is 0. The second-order valence-corrected chi connectivity index (χ2v) is 10.5. The molecule has 168 valence electrons. The van der Waals surface area contributed by atoms with E-state index in [-0.39, 0.29) is 5.91 Å². The smallest absolute Gasteiger partial charge is 0.270 e. The molecule has 3 aromatic rings. The fraction of sp³-hybridized carbons (Fsp3) is 0.154. The Morgan fingerprint density at radius 2 is 1.82 bits per heavy atom. The first-order valence-corrected chi connectivity index (χ1v) is 12.6. The van der Waals surface area contributed by atoms with Crippen molar-refractivity contribution in [2.24, 2.45) is 0 Å². The molecule has 0 bridgehead atoms. The van der Waals surface area contributed by atoms with Crippen molar-refractivity contribution in [3.05, 3.63) is 91.4 Å². The van der Waals surface area contributed by atoms with E-state index in [1.807, 2.05) is 49.4 Å². The lowest BCUT2D eigenvalue weighted by Crippen LogP contribution is -2.27. The molecule has 0 radical (unpaired) electrons. The average molecular weight is 588 g/mol. The van der Waals surface area contributed by atoms with Crippen LogP contribution >= 0.6 is 46.6 Å². The molecule has 1 heterocycles. The number of anilines is 1. The maximum atomic E-state index is 13.1. The van der Waals surface area contributed by atoms with E-state index in [2.05, 4.69) is 53.8 Å². The van der Waals surface area contributed by atoms with Gasteiger partial charge in [-0.1, -0.05) is 65.9 Å². The third-order valence-corrected chi connectivity index (χ3v) is 7.21. The molecule has 1 fully saturated rings. The second kappa shape index (κ2) is 10.3. The Kier molecular flexibility index (Phi) is 7.41. The predicted molar refractivity (Wildman–Crippen MR) is 148 cm³/mol. The summed E-state index contributed by atoms with van der Waals surface area (Å²) in [6, 6.07) is 19.9. The summed E-state index contributed by atoms with van der Waals surface area (Å²) in [5.41, 5.74) is 5.01. The van der Waals surface area contributed by atoms with Gasteiger partial charge in [0.2, 0.25) is 0 Å². The van der Waals surface area contributed by atoms with Gasteiger partial charge in [0, 0.05) is 0 Å². The molecule has 0 atom stereocenters. The third-order valence-electron chi connectivity index (χ3n) is 5.11. The highest BCUT2D eigenvalue weighted by Gasteiger charge is 2.33. The number of thioether (sulfide) groups is 1. The lowest BCUT2D eigenvalue weighted by Gasteiger charge is -2.15. The van der Waals surface area contributed by atoms with Crippen LogP contribution in [0.2, 0.25) is 0 Å². The van der Waals surface area contributed by atoms with Gasteiger partial charge in [-0.15, -0.1) is 0 Å². The van der Waals surface area contributed by atoms with Gasteiger partial charge in [0.25, 0.3) is 5.91 Å². The van der Waals surface area contributed by atoms with Gasteiger partial charge in [0.1, 0.15) is 6.61 Å². The van der Waals surface area contributed by atoms with Gasteiger partial charge in [0.05, 0.1) is 21.3 Å². The van der Waals surface area contributed by atoms with Gasteiger partial charge < -0.3 is 9.47 Å². The number of aryl methyl sites for hydroxylation is 2. The molecule has 7 heteroatoms. The van der Waals surface area contributed by atoms with Crippen LogP contribution in [0.25, 0.3) is 6.08 Å². The van der Waals surface area contributed by atoms with Crippen molar-refractivity contribution in [1.29, 1.82) is 0 Å². The maximum Gasteiger partial charge on any atom is 0.270 e. The van der Waals surface area contributed by atoms with Crippen LogP contribution in [0.1, 0.15) is 22.3 Å². The number of amides is 1. The fourth-order valence-corrected chi connectivity index (χ4v) is 5.49. The van der Waals surface area contributed by atoms with Crippen LogP contribution in [-0.2, 0) is 11.4 Å². The zero-order chi connectivity index (χ0) is 23.5. The number of carbonyl (C=O) groups is 1. The second-order valence-electron chi connectivity index (χ2n) is 7.66. The molecule has 1 aliphatic heterocycles. The Morgan fingerprint density at radius 1 is 1.06 bits per heavy atom. The molecular formula is C26H22INO3S2. The van der Waals surface area contributed by atoms with E-state index in [0.717, 1.165) is 25.9 Å². The van der Waals surface area contributed by atoms with Crippen molar-refractivity contribution < 1.29 is 14.3 Å². The Labute approximate surface area is 217 Å². The van der Waals surface area contributed by atoms with E-state index in [1.165, 1.54) is 17.3 Å². The third kappa shape index (κ3) is 5.42. The Hall–Kier alpha value is -2.36. The van der Waals surface area contributed by atoms with Crippen LogP contribution in [0.4, 0.5) is 5.69 Å². The first-order valence-electron chi connectivity index (χ1n) is 10.3. The van der Waals surface area contributed by atoms with Crippen molar-refractivity contribution in [1.82, 2.24) is 0 Å². The molecular weight excluding hydrogens is 565 g/mol. The minimum absolute atomic E-state index is 0.121. The normalized spacial score (nSPS) is 14.8. The van der Waals surface area contributed by atoms with Crippen LogP contribution < -0.4 is 14.4 Å². The van der Waals surface area contributed by atoms with Crippen LogP contribution in [0, 0.1) is 17.4 Å². The number of hydrogen-bond acceptors (Lipinski definition) is 5. The fourth-order valence-electron chi connectivity index (χ4n) is 3.41. The zero-order valence-electron chi connectivity index (χ0n) is 18.4. The van der Waals surface area contributed by atoms with Gasteiger partial charge in [-0.2, -0.15) is 0 Å². The molecule has 4 rings (SSSR count). The van der Waals surface area contributed by atoms with Crippen molar-refractivity contribution >= 4 is 68.6 Å². The highest BCUT2D eigenvalue weighted by Crippen LogP contribution is 2.39. The van der Waals surface area contributed by atoms with Gasteiger partial charge in [-0.05, 0) is 83.5 Å². The van der Waals surface area contributed by atoms with Gasteiger partial charge in [-0.25, -0.2) is 0 Å². The number of halogens is 1.